The molecule has 0 aromatic heterocycles. The Bertz CT molecular complexity index is 282. The molecule has 2 aliphatic heterocycles. The highest BCUT2D eigenvalue weighted by molar-refractivity contribution is 7.99. The number of hydrogen-bond acceptors (Lipinski definition) is 3. The fraction of sp³-hybridized carbons (Fsp3) is 1.00. The van der Waals surface area contributed by atoms with Gasteiger partial charge >= 0.3 is 0 Å². The first-order valence-corrected chi connectivity index (χ1v) is 9.54. The van der Waals surface area contributed by atoms with Crippen LogP contribution in [0.1, 0.15) is 51.9 Å². The number of hydrogen-bond donors (Lipinski definition) is 1. The predicted octanol–water partition coefficient (Wildman–Crippen LogP) is 3.13. The van der Waals surface area contributed by atoms with E-state index in [2.05, 4.69) is 28.9 Å². The standard InChI is InChI=1S/C16H30N2S/c1-2-15-11-17-16(7-3-4-8-16)13-18(15)12-14-5-9-19-10-6-14/h14-15,17H,2-13H2,1H3. The summed E-state index contributed by atoms with van der Waals surface area (Å²) in [6, 6.07) is 0.792. The van der Waals surface area contributed by atoms with Crippen molar-refractivity contribution in [1.29, 1.82) is 0 Å². The first-order valence-electron chi connectivity index (χ1n) is 8.38. The monoisotopic (exact) mass is 282 g/mol. The van der Waals surface area contributed by atoms with Crippen molar-refractivity contribution < 1.29 is 0 Å². The molecule has 19 heavy (non-hydrogen) atoms. The van der Waals surface area contributed by atoms with Gasteiger partial charge in [0.15, 0.2) is 0 Å². The van der Waals surface area contributed by atoms with Gasteiger partial charge in [-0.05, 0) is 49.5 Å². The number of nitrogens with zero attached hydrogens (tertiary/aromatic N) is 1. The minimum absolute atomic E-state index is 0.495. The second kappa shape index (κ2) is 6.36. The van der Waals surface area contributed by atoms with Crippen molar-refractivity contribution >= 4 is 11.8 Å². The van der Waals surface area contributed by atoms with E-state index in [0.717, 1.165) is 12.0 Å². The quantitative estimate of drug-likeness (QED) is 0.856. The van der Waals surface area contributed by atoms with Crippen LogP contribution in [0.2, 0.25) is 0 Å². The molecule has 1 unspecified atom stereocenters. The summed E-state index contributed by atoms with van der Waals surface area (Å²) >= 11 is 2.16. The van der Waals surface area contributed by atoms with E-state index in [1.807, 2.05) is 0 Å². The summed E-state index contributed by atoms with van der Waals surface area (Å²) in [5.74, 6) is 3.78. The highest BCUT2D eigenvalue weighted by atomic mass is 32.2. The van der Waals surface area contributed by atoms with Gasteiger partial charge in [0.2, 0.25) is 0 Å². The Labute approximate surface area is 123 Å². The highest BCUT2D eigenvalue weighted by Gasteiger charge is 2.40. The average molecular weight is 282 g/mol. The molecule has 0 aromatic rings. The van der Waals surface area contributed by atoms with Gasteiger partial charge in [-0.15, -0.1) is 0 Å². The second-order valence-electron chi connectivity index (χ2n) is 6.92. The lowest BCUT2D eigenvalue weighted by molar-refractivity contribution is 0.0627. The molecule has 2 nitrogen and oxygen atoms in total. The van der Waals surface area contributed by atoms with Crippen LogP contribution >= 0.6 is 11.8 Å². The molecule has 3 aliphatic rings. The van der Waals surface area contributed by atoms with Crippen LogP contribution < -0.4 is 5.32 Å². The molecule has 1 atom stereocenters. The zero-order valence-electron chi connectivity index (χ0n) is 12.5. The zero-order valence-corrected chi connectivity index (χ0v) is 13.3. The maximum atomic E-state index is 3.92. The smallest absolute Gasteiger partial charge is 0.0309 e. The minimum Gasteiger partial charge on any atom is -0.308 e. The topological polar surface area (TPSA) is 15.3 Å². The lowest BCUT2D eigenvalue weighted by atomic mass is 9.90. The van der Waals surface area contributed by atoms with Gasteiger partial charge < -0.3 is 5.32 Å². The van der Waals surface area contributed by atoms with Gasteiger partial charge in [-0.3, -0.25) is 4.90 Å². The number of piperazine rings is 1. The van der Waals surface area contributed by atoms with E-state index in [1.165, 1.54) is 76.1 Å². The maximum Gasteiger partial charge on any atom is 0.0309 e. The number of rotatable bonds is 3. The predicted molar refractivity (Wildman–Crippen MR) is 84.9 cm³/mol. The van der Waals surface area contributed by atoms with Gasteiger partial charge in [0.05, 0.1) is 0 Å². The van der Waals surface area contributed by atoms with Gasteiger partial charge in [-0.1, -0.05) is 19.8 Å². The molecule has 3 fully saturated rings. The fourth-order valence-corrected chi connectivity index (χ4v) is 5.50. The van der Waals surface area contributed by atoms with Crippen molar-refractivity contribution in [3.63, 3.8) is 0 Å². The number of nitrogens with one attached hydrogen (secondary N) is 1. The van der Waals surface area contributed by atoms with Gasteiger partial charge in [0.25, 0.3) is 0 Å². The van der Waals surface area contributed by atoms with E-state index < -0.39 is 0 Å². The fourth-order valence-electron chi connectivity index (χ4n) is 4.30. The Morgan fingerprint density at radius 1 is 1.21 bits per heavy atom. The summed E-state index contributed by atoms with van der Waals surface area (Å²) in [5.41, 5.74) is 0.495. The molecule has 2 heterocycles. The Hall–Kier alpha value is 0.270. The van der Waals surface area contributed by atoms with Gasteiger partial charge in [-0.25, -0.2) is 0 Å². The Morgan fingerprint density at radius 3 is 2.63 bits per heavy atom. The van der Waals surface area contributed by atoms with Crippen LogP contribution in [0.15, 0.2) is 0 Å². The molecule has 0 radical (unpaired) electrons. The van der Waals surface area contributed by atoms with Crippen LogP contribution in [-0.4, -0.2) is 47.6 Å². The zero-order chi connectivity index (χ0) is 13.1. The van der Waals surface area contributed by atoms with Crippen LogP contribution in [-0.2, 0) is 0 Å². The Balaban J connectivity index is 1.61. The molecule has 1 saturated carbocycles. The Kier molecular flexibility index (Phi) is 4.76. The molecule has 3 heteroatoms. The molecule has 2 saturated heterocycles. The van der Waals surface area contributed by atoms with E-state index in [4.69, 9.17) is 0 Å². The van der Waals surface area contributed by atoms with Crippen LogP contribution in [0, 0.1) is 5.92 Å². The molecule has 0 aromatic carbocycles. The number of thioether (sulfide) groups is 1. The van der Waals surface area contributed by atoms with Crippen LogP contribution in [0.4, 0.5) is 0 Å². The second-order valence-corrected chi connectivity index (χ2v) is 8.14. The minimum atomic E-state index is 0.495. The summed E-state index contributed by atoms with van der Waals surface area (Å²) in [5, 5.41) is 3.92. The third kappa shape index (κ3) is 3.30. The molecule has 1 N–H and O–H groups in total. The first kappa shape index (κ1) is 14.2. The average Bonchev–Trinajstić information content (AvgIpc) is 2.88. The summed E-state index contributed by atoms with van der Waals surface area (Å²) in [7, 11) is 0. The van der Waals surface area contributed by atoms with Crippen LogP contribution in [0.25, 0.3) is 0 Å². The molecule has 1 spiro atoms. The molecular weight excluding hydrogens is 252 g/mol. The van der Waals surface area contributed by atoms with E-state index in [0.29, 0.717) is 5.54 Å². The maximum absolute atomic E-state index is 3.92. The molecule has 110 valence electrons. The lowest BCUT2D eigenvalue weighted by Crippen LogP contribution is -2.63. The summed E-state index contributed by atoms with van der Waals surface area (Å²) in [6.45, 7) is 6.30. The van der Waals surface area contributed by atoms with E-state index in [9.17, 15) is 0 Å². The van der Waals surface area contributed by atoms with Crippen LogP contribution in [0.5, 0.6) is 0 Å². The summed E-state index contributed by atoms with van der Waals surface area (Å²) in [6.07, 6.45) is 9.94. The van der Waals surface area contributed by atoms with E-state index >= 15 is 0 Å². The van der Waals surface area contributed by atoms with Crippen molar-refractivity contribution in [2.45, 2.75) is 63.5 Å². The molecule has 0 amide bonds. The Morgan fingerprint density at radius 2 is 1.95 bits per heavy atom. The summed E-state index contributed by atoms with van der Waals surface area (Å²) < 4.78 is 0. The molecule has 3 rings (SSSR count). The van der Waals surface area contributed by atoms with E-state index in [-0.39, 0.29) is 0 Å². The first-order chi connectivity index (χ1) is 9.31. The van der Waals surface area contributed by atoms with Crippen molar-refractivity contribution in [2.75, 3.05) is 31.1 Å². The molecule has 1 aliphatic carbocycles. The third-order valence-electron chi connectivity index (χ3n) is 5.60. The van der Waals surface area contributed by atoms with Crippen molar-refractivity contribution in [1.82, 2.24) is 10.2 Å². The van der Waals surface area contributed by atoms with Crippen molar-refractivity contribution in [2.24, 2.45) is 5.92 Å². The van der Waals surface area contributed by atoms with E-state index in [1.54, 1.807) is 0 Å². The van der Waals surface area contributed by atoms with Gasteiger partial charge in [-0.2, -0.15) is 11.8 Å². The molecule has 0 bridgehead atoms. The van der Waals surface area contributed by atoms with Crippen molar-refractivity contribution in [3.05, 3.63) is 0 Å². The van der Waals surface area contributed by atoms with Crippen molar-refractivity contribution in [3.8, 4) is 0 Å². The van der Waals surface area contributed by atoms with Gasteiger partial charge in [0.1, 0.15) is 0 Å². The third-order valence-corrected chi connectivity index (χ3v) is 6.65. The highest BCUT2D eigenvalue weighted by Crippen LogP contribution is 2.34. The normalized spacial score (nSPS) is 33.0. The lowest BCUT2D eigenvalue weighted by Gasteiger charge is -2.47. The SMILES string of the molecule is CCC1CNC2(CCCC2)CN1CC1CCSCC1. The molecular formula is C16H30N2S. The van der Waals surface area contributed by atoms with Gasteiger partial charge in [0, 0.05) is 31.2 Å². The van der Waals surface area contributed by atoms with Crippen LogP contribution in [0.3, 0.4) is 0 Å². The largest absolute Gasteiger partial charge is 0.308 e. The summed E-state index contributed by atoms with van der Waals surface area (Å²) in [4.78, 5) is 2.86.